The van der Waals surface area contributed by atoms with E-state index in [1.165, 1.54) is 16.7 Å². The second-order valence-electron chi connectivity index (χ2n) is 8.63. The summed E-state index contributed by atoms with van der Waals surface area (Å²) >= 11 is 0. The molecule has 0 saturated carbocycles. The first-order valence-corrected chi connectivity index (χ1v) is 10.9. The molecular formula is C23H21FN6O5. The number of fused-ring (bicyclic) bond motifs is 4. The van der Waals surface area contributed by atoms with Crippen molar-refractivity contribution in [3.05, 3.63) is 63.7 Å². The minimum Gasteiger partial charge on any atom is -0.394 e. The Hall–Kier alpha value is -3.84. The number of rotatable bonds is 4. The highest BCUT2D eigenvalue weighted by molar-refractivity contribution is 5.80. The summed E-state index contributed by atoms with van der Waals surface area (Å²) in [5.74, 6) is -0.344. The van der Waals surface area contributed by atoms with E-state index < -0.39 is 36.7 Å². The molecule has 1 saturated heterocycles. The zero-order valence-electron chi connectivity index (χ0n) is 18.1. The number of nitrogens with one attached hydrogen (secondary N) is 2. The molecule has 12 heteroatoms. The number of ether oxygens (including phenoxy) is 1. The van der Waals surface area contributed by atoms with E-state index in [4.69, 9.17) is 10.5 Å². The van der Waals surface area contributed by atoms with E-state index in [0.717, 1.165) is 22.3 Å². The molecule has 1 fully saturated rings. The minimum absolute atomic E-state index is 0.0348. The summed E-state index contributed by atoms with van der Waals surface area (Å²) in [5, 5.41) is 33.5. The van der Waals surface area contributed by atoms with Gasteiger partial charge >= 0.3 is 0 Å². The van der Waals surface area contributed by atoms with Gasteiger partial charge in [0.1, 0.15) is 24.1 Å². The van der Waals surface area contributed by atoms with Crippen molar-refractivity contribution in [1.29, 1.82) is 0 Å². The van der Waals surface area contributed by atoms with Crippen LogP contribution in [0.3, 0.4) is 0 Å². The zero-order valence-corrected chi connectivity index (χ0v) is 18.1. The van der Waals surface area contributed by atoms with Gasteiger partial charge in [-0.1, -0.05) is 12.1 Å². The van der Waals surface area contributed by atoms with E-state index in [1.807, 2.05) is 18.2 Å². The van der Waals surface area contributed by atoms with Crippen LogP contribution >= 0.6 is 0 Å². The third-order valence-corrected chi connectivity index (χ3v) is 6.44. The van der Waals surface area contributed by atoms with Gasteiger partial charge in [-0.15, -0.1) is 0 Å². The largest absolute Gasteiger partial charge is 0.394 e. The van der Waals surface area contributed by atoms with Crippen LogP contribution in [0.25, 0.3) is 22.3 Å². The summed E-state index contributed by atoms with van der Waals surface area (Å²) < 4.78 is 20.7. The third kappa shape index (κ3) is 3.38. The van der Waals surface area contributed by atoms with Crippen molar-refractivity contribution in [2.24, 2.45) is 0 Å². The van der Waals surface area contributed by atoms with Crippen LogP contribution in [0.5, 0.6) is 0 Å². The first-order chi connectivity index (χ1) is 16.8. The molecule has 180 valence electrons. The van der Waals surface area contributed by atoms with Crippen molar-refractivity contribution in [2.75, 3.05) is 17.7 Å². The Morgan fingerprint density at radius 2 is 1.89 bits per heavy atom. The lowest BCUT2D eigenvalue weighted by Crippen LogP contribution is -2.33. The fourth-order valence-electron chi connectivity index (χ4n) is 4.81. The summed E-state index contributed by atoms with van der Waals surface area (Å²) in [7, 11) is 0. The minimum atomic E-state index is -1.43. The van der Waals surface area contributed by atoms with Crippen LogP contribution < -0.4 is 16.6 Å². The van der Waals surface area contributed by atoms with Gasteiger partial charge in [0.25, 0.3) is 5.56 Å². The van der Waals surface area contributed by atoms with Crippen molar-refractivity contribution in [3.8, 4) is 11.1 Å². The summed E-state index contributed by atoms with van der Waals surface area (Å²) in [6, 6.07) is 10.3. The number of aliphatic hydroxyl groups is 3. The lowest BCUT2D eigenvalue weighted by Gasteiger charge is -2.20. The molecule has 6 rings (SSSR count). The highest BCUT2D eigenvalue weighted by Gasteiger charge is 2.45. The lowest BCUT2D eigenvalue weighted by molar-refractivity contribution is -0.0501. The molecule has 4 aromatic rings. The molecule has 1 aliphatic carbocycles. The summed E-state index contributed by atoms with van der Waals surface area (Å²) in [4.78, 5) is 23.4. The van der Waals surface area contributed by atoms with Gasteiger partial charge < -0.3 is 31.1 Å². The second-order valence-corrected chi connectivity index (χ2v) is 8.63. The number of hydrogen-bond donors (Lipinski definition) is 6. The highest BCUT2D eigenvalue weighted by Crippen LogP contribution is 2.39. The van der Waals surface area contributed by atoms with Crippen LogP contribution in [0.4, 0.5) is 22.0 Å². The smallest absolute Gasteiger partial charge is 0.280 e. The molecule has 0 bridgehead atoms. The van der Waals surface area contributed by atoms with Crippen LogP contribution in [0, 0.1) is 5.82 Å². The maximum Gasteiger partial charge on any atom is 0.280 e. The number of aromatic amines is 1. The number of imidazole rings is 1. The Kier molecular flexibility index (Phi) is 4.86. The molecule has 0 radical (unpaired) electrons. The lowest BCUT2D eigenvalue weighted by atomic mass is 10.1. The standard InChI is InChI=1S/C23H21FN6O5/c24-11-1-3-13-9(6-11)5-10-7-12(2-4-14(10)13)26-23-27-16-19(28-22(25)29-20(16)34)30(23)21-18(33)17(32)15(8-31)35-21/h1-4,6-7,15,17-18,21,31-33H,5,8H2,(H,26,27)(H3,25,28,29,34)/t15-,17-,18-,21-/m1/s1. The van der Waals surface area contributed by atoms with E-state index in [0.29, 0.717) is 12.1 Å². The maximum atomic E-state index is 13.7. The van der Waals surface area contributed by atoms with Crippen molar-refractivity contribution in [3.63, 3.8) is 0 Å². The molecule has 2 aliphatic rings. The summed E-state index contributed by atoms with van der Waals surface area (Å²) in [5.41, 5.74) is 9.58. The fraction of sp³-hybridized carbons (Fsp3) is 0.261. The van der Waals surface area contributed by atoms with E-state index >= 15 is 0 Å². The number of hydrogen-bond acceptors (Lipinski definition) is 9. The molecule has 0 amide bonds. The molecule has 0 unspecified atom stereocenters. The number of anilines is 3. The summed E-state index contributed by atoms with van der Waals surface area (Å²) in [6.07, 6.45) is -4.49. The first kappa shape index (κ1) is 21.7. The van der Waals surface area contributed by atoms with Crippen LogP contribution in [0.15, 0.2) is 41.2 Å². The Labute approximate surface area is 196 Å². The molecule has 1 aliphatic heterocycles. The number of nitrogens with zero attached hydrogens (tertiary/aromatic N) is 3. The Balaban J connectivity index is 1.43. The van der Waals surface area contributed by atoms with Gasteiger partial charge in [-0.05, 0) is 52.9 Å². The average Bonchev–Trinajstić information content (AvgIpc) is 3.44. The number of nitrogens with two attached hydrogens (primary N) is 1. The van der Waals surface area contributed by atoms with E-state index in [1.54, 1.807) is 6.07 Å². The number of halogens is 1. The predicted octanol–water partition coefficient (Wildman–Crippen LogP) is 0.767. The molecular weight excluding hydrogens is 459 g/mol. The van der Waals surface area contributed by atoms with Crippen LogP contribution in [-0.4, -0.2) is 59.8 Å². The maximum absolute atomic E-state index is 13.7. The fourth-order valence-corrected chi connectivity index (χ4v) is 4.81. The first-order valence-electron chi connectivity index (χ1n) is 10.9. The quantitative estimate of drug-likeness (QED) is 0.217. The average molecular weight is 480 g/mol. The molecule has 2 aromatic heterocycles. The Bertz CT molecular complexity index is 1540. The van der Waals surface area contributed by atoms with E-state index in [9.17, 15) is 24.5 Å². The molecule has 4 atom stereocenters. The van der Waals surface area contributed by atoms with Crippen LogP contribution in [-0.2, 0) is 11.2 Å². The highest BCUT2D eigenvalue weighted by atomic mass is 19.1. The van der Waals surface area contributed by atoms with Crippen LogP contribution in [0.1, 0.15) is 17.4 Å². The molecule has 2 aromatic carbocycles. The van der Waals surface area contributed by atoms with Gasteiger partial charge in [0, 0.05) is 5.69 Å². The number of H-pyrrole nitrogens is 1. The number of nitrogen functional groups attached to an aromatic ring is 1. The van der Waals surface area contributed by atoms with Gasteiger partial charge in [-0.25, -0.2) is 9.37 Å². The van der Waals surface area contributed by atoms with Gasteiger partial charge in [0.2, 0.25) is 11.9 Å². The van der Waals surface area contributed by atoms with Crippen molar-refractivity contribution in [1.82, 2.24) is 19.5 Å². The normalized spacial score (nSPS) is 23.0. The molecule has 0 spiro atoms. The van der Waals surface area contributed by atoms with E-state index in [2.05, 4.69) is 20.3 Å². The molecule has 7 N–H and O–H groups in total. The molecule has 3 heterocycles. The van der Waals surface area contributed by atoms with Crippen molar-refractivity contribution in [2.45, 2.75) is 31.0 Å². The Morgan fingerprint density at radius 1 is 1.14 bits per heavy atom. The third-order valence-electron chi connectivity index (χ3n) is 6.44. The topological polar surface area (TPSA) is 172 Å². The van der Waals surface area contributed by atoms with Crippen molar-refractivity contribution >= 4 is 28.7 Å². The SMILES string of the molecule is Nc1nc2c(nc(Nc3ccc4c(c3)Cc3cc(F)ccc3-4)n2[C@@H]2O[C@H](CO)[C@@H](O)[C@H]2O)c(=O)[nH]1. The predicted molar refractivity (Wildman–Crippen MR) is 123 cm³/mol. The van der Waals surface area contributed by atoms with Gasteiger partial charge in [-0.3, -0.25) is 14.3 Å². The number of aliphatic hydroxyl groups excluding tert-OH is 3. The summed E-state index contributed by atoms with van der Waals surface area (Å²) in [6.45, 7) is -0.522. The monoisotopic (exact) mass is 480 g/mol. The number of benzene rings is 2. The second kappa shape index (κ2) is 7.85. The molecule has 35 heavy (non-hydrogen) atoms. The van der Waals surface area contributed by atoms with Gasteiger partial charge in [0.05, 0.1) is 6.61 Å². The number of aromatic nitrogens is 4. The zero-order chi connectivity index (χ0) is 24.4. The van der Waals surface area contributed by atoms with Gasteiger partial charge in [0.15, 0.2) is 17.4 Å². The molecule has 11 nitrogen and oxygen atoms in total. The van der Waals surface area contributed by atoms with Gasteiger partial charge in [-0.2, -0.15) is 4.98 Å². The Morgan fingerprint density at radius 3 is 2.63 bits per heavy atom. The van der Waals surface area contributed by atoms with E-state index in [-0.39, 0.29) is 28.9 Å². The van der Waals surface area contributed by atoms with Crippen LogP contribution in [0.2, 0.25) is 0 Å². The van der Waals surface area contributed by atoms with Crippen molar-refractivity contribution < 1.29 is 24.4 Å².